The van der Waals surface area contributed by atoms with Gasteiger partial charge in [0.15, 0.2) is 0 Å². The molecular weight excluding hydrogens is 304 g/mol. The molecule has 0 radical (unpaired) electrons. The highest BCUT2D eigenvalue weighted by atomic mass is 16.3. The first kappa shape index (κ1) is 22.1. The van der Waals surface area contributed by atoms with Crippen LogP contribution in [0.2, 0.25) is 0 Å². The molecule has 0 aromatic heterocycles. The summed E-state index contributed by atoms with van der Waals surface area (Å²) in [7, 11) is 0. The summed E-state index contributed by atoms with van der Waals surface area (Å²) in [6.07, 6.45) is 17.2. The Kier molecular flexibility index (Phi) is 12.5. The second-order valence-corrected chi connectivity index (χ2v) is 7.74. The Morgan fingerprint density at radius 1 is 0.720 bits per heavy atom. The van der Waals surface area contributed by atoms with E-state index >= 15 is 0 Å². The fraction of sp³-hybridized carbons (Fsp3) is 0.750. The second kappa shape index (κ2) is 14.2. The number of aromatic hydroxyl groups is 1. The molecule has 0 aliphatic heterocycles. The van der Waals surface area contributed by atoms with Crippen LogP contribution in [0.15, 0.2) is 24.3 Å². The number of benzene rings is 1. The van der Waals surface area contributed by atoms with Crippen LogP contribution in [-0.4, -0.2) is 5.11 Å². The summed E-state index contributed by atoms with van der Waals surface area (Å²) < 4.78 is 0. The highest BCUT2D eigenvalue weighted by Gasteiger charge is 2.23. The molecule has 0 saturated carbocycles. The molecule has 1 heteroatoms. The van der Waals surface area contributed by atoms with Gasteiger partial charge in [-0.25, -0.2) is 0 Å². The van der Waals surface area contributed by atoms with Crippen molar-refractivity contribution in [3.05, 3.63) is 29.8 Å². The lowest BCUT2D eigenvalue weighted by Crippen LogP contribution is -2.13. The summed E-state index contributed by atoms with van der Waals surface area (Å²) in [4.78, 5) is 0. The Labute approximate surface area is 157 Å². The summed E-state index contributed by atoms with van der Waals surface area (Å²) >= 11 is 0. The van der Waals surface area contributed by atoms with Crippen LogP contribution < -0.4 is 0 Å². The molecule has 1 N–H and O–H groups in total. The lowest BCUT2D eigenvalue weighted by Gasteiger charge is -2.27. The van der Waals surface area contributed by atoms with E-state index in [9.17, 15) is 5.11 Å². The summed E-state index contributed by atoms with van der Waals surface area (Å²) in [5, 5.41) is 10.4. The van der Waals surface area contributed by atoms with Crippen LogP contribution in [0.4, 0.5) is 0 Å². The zero-order chi connectivity index (χ0) is 18.3. The van der Waals surface area contributed by atoms with E-state index in [4.69, 9.17) is 0 Å². The zero-order valence-corrected chi connectivity index (χ0v) is 17.1. The standard InChI is InChI=1S/C24H42O/c1-4-7-9-10-11-12-14-18-22(21(6-3)17-13-8-5-2)23-19-15-16-20-24(23)25/h15-16,19-22,25H,4-14,17-18H2,1-3H3. The first-order valence-corrected chi connectivity index (χ1v) is 11.0. The first-order valence-electron chi connectivity index (χ1n) is 11.0. The number of phenolic OH excluding ortho intramolecular Hbond substituents is 1. The van der Waals surface area contributed by atoms with Gasteiger partial charge in [-0.3, -0.25) is 0 Å². The van der Waals surface area contributed by atoms with Gasteiger partial charge in [-0.05, 0) is 36.3 Å². The lowest BCUT2D eigenvalue weighted by atomic mass is 9.78. The molecular formula is C24H42O. The Balaban J connectivity index is 2.60. The summed E-state index contributed by atoms with van der Waals surface area (Å²) in [6, 6.07) is 8.06. The maximum absolute atomic E-state index is 10.4. The van der Waals surface area contributed by atoms with Gasteiger partial charge in [0.1, 0.15) is 5.75 Å². The molecule has 2 unspecified atom stereocenters. The number of rotatable bonds is 15. The highest BCUT2D eigenvalue weighted by molar-refractivity contribution is 5.35. The first-order chi connectivity index (χ1) is 12.2. The molecule has 1 aromatic carbocycles. The molecule has 0 aliphatic rings. The fourth-order valence-electron chi connectivity index (χ4n) is 4.11. The van der Waals surface area contributed by atoms with Crippen LogP contribution >= 0.6 is 0 Å². The number of hydrogen-bond acceptors (Lipinski definition) is 1. The minimum absolute atomic E-state index is 0.504. The van der Waals surface area contributed by atoms with E-state index in [0.717, 1.165) is 0 Å². The number of phenols is 1. The molecule has 0 bridgehead atoms. The molecule has 1 aromatic rings. The predicted octanol–water partition coefficient (Wildman–Crippen LogP) is 8.22. The van der Waals surface area contributed by atoms with E-state index in [1.807, 2.05) is 12.1 Å². The lowest BCUT2D eigenvalue weighted by molar-refractivity contribution is 0.334. The largest absolute Gasteiger partial charge is 0.508 e. The number of unbranched alkanes of at least 4 members (excludes halogenated alkanes) is 8. The highest BCUT2D eigenvalue weighted by Crippen LogP contribution is 2.39. The Bertz CT molecular complexity index is 426. The van der Waals surface area contributed by atoms with Gasteiger partial charge in [-0.15, -0.1) is 0 Å². The van der Waals surface area contributed by atoms with Crippen LogP contribution in [-0.2, 0) is 0 Å². The molecule has 0 amide bonds. The van der Waals surface area contributed by atoms with Crippen LogP contribution in [0.5, 0.6) is 5.75 Å². The maximum atomic E-state index is 10.4. The number of hydrogen-bond donors (Lipinski definition) is 1. The third-order valence-electron chi connectivity index (χ3n) is 5.73. The molecule has 1 nitrogen and oxygen atoms in total. The van der Waals surface area contributed by atoms with Crippen LogP contribution in [0.3, 0.4) is 0 Å². The predicted molar refractivity (Wildman–Crippen MR) is 111 cm³/mol. The van der Waals surface area contributed by atoms with Gasteiger partial charge in [0.05, 0.1) is 0 Å². The third kappa shape index (κ3) is 8.79. The van der Waals surface area contributed by atoms with Gasteiger partial charge in [0.25, 0.3) is 0 Å². The molecule has 0 heterocycles. The Morgan fingerprint density at radius 3 is 1.92 bits per heavy atom. The quantitative estimate of drug-likeness (QED) is 0.317. The van der Waals surface area contributed by atoms with Crippen molar-refractivity contribution in [3.8, 4) is 5.75 Å². The van der Waals surface area contributed by atoms with Gasteiger partial charge < -0.3 is 5.11 Å². The van der Waals surface area contributed by atoms with Gasteiger partial charge in [-0.1, -0.05) is 110 Å². The summed E-state index contributed by atoms with van der Waals surface area (Å²) in [5.74, 6) is 1.74. The van der Waals surface area contributed by atoms with Crippen molar-refractivity contribution >= 4 is 0 Å². The van der Waals surface area contributed by atoms with Crippen molar-refractivity contribution in [2.75, 3.05) is 0 Å². The van der Waals surface area contributed by atoms with E-state index < -0.39 is 0 Å². The summed E-state index contributed by atoms with van der Waals surface area (Å²) in [6.45, 7) is 6.88. The Hall–Kier alpha value is -0.980. The van der Waals surface area contributed by atoms with Crippen molar-refractivity contribution in [3.63, 3.8) is 0 Å². The van der Waals surface area contributed by atoms with Gasteiger partial charge in [0, 0.05) is 0 Å². The van der Waals surface area contributed by atoms with E-state index in [-0.39, 0.29) is 0 Å². The van der Waals surface area contributed by atoms with Gasteiger partial charge in [0.2, 0.25) is 0 Å². The van der Waals surface area contributed by atoms with Gasteiger partial charge >= 0.3 is 0 Å². The molecule has 0 saturated heterocycles. The van der Waals surface area contributed by atoms with Crippen molar-refractivity contribution < 1.29 is 5.11 Å². The zero-order valence-electron chi connectivity index (χ0n) is 17.1. The third-order valence-corrected chi connectivity index (χ3v) is 5.73. The molecule has 0 fully saturated rings. The van der Waals surface area contributed by atoms with E-state index in [2.05, 4.69) is 32.9 Å². The average Bonchev–Trinajstić information content (AvgIpc) is 2.63. The van der Waals surface area contributed by atoms with Crippen LogP contribution in [0.25, 0.3) is 0 Å². The van der Waals surface area contributed by atoms with E-state index in [0.29, 0.717) is 17.6 Å². The molecule has 1 rings (SSSR count). The Morgan fingerprint density at radius 2 is 1.28 bits per heavy atom. The number of para-hydroxylation sites is 1. The molecule has 25 heavy (non-hydrogen) atoms. The smallest absolute Gasteiger partial charge is 0.119 e. The monoisotopic (exact) mass is 346 g/mol. The average molecular weight is 347 g/mol. The molecule has 2 atom stereocenters. The van der Waals surface area contributed by atoms with Gasteiger partial charge in [-0.2, -0.15) is 0 Å². The second-order valence-electron chi connectivity index (χ2n) is 7.74. The SMILES string of the molecule is CCCCCCCCCC(c1ccccc1O)C(CC)CCCCC. The van der Waals surface area contributed by atoms with Crippen molar-refractivity contribution in [2.45, 2.75) is 110 Å². The van der Waals surface area contributed by atoms with Crippen molar-refractivity contribution in [1.82, 2.24) is 0 Å². The normalized spacial score (nSPS) is 13.7. The van der Waals surface area contributed by atoms with Crippen LogP contribution in [0.1, 0.15) is 116 Å². The minimum Gasteiger partial charge on any atom is -0.508 e. The van der Waals surface area contributed by atoms with E-state index in [1.54, 1.807) is 0 Å². The summed E-state index contributed by atoms with van der Waals surface area (Å²) in [5.41, 5.74) is 1.19. The molecule has 0 spiro atoms. The fourth-order valence-corrected chi connectivity index (χ4v) is 4.11. The van der Waals surface area contributed by atoms with Crippen molar-refractivity contribution in [2.24, 2.45) is 5.92 Å². The molecule has 0 aliphatic carbocycles. The molecule has 144 valence electrons. The minimum atomic E-state index is 0.504. The van der Waals surface area contributed by atoms with E-state index in [1.165, 1.54) is 89.0 Å². The maximum Gasteiger partial charge on any atom is 0.119 e. The van der Waals surface area contributed by atoms with Crippen LogP contribution in [0, 0.1) is 5.92 Å². The van der Waals surface area contributed by atoms with Crippen molar-refractivity contribution in [1.29, 1.82) is 0 Å². The topological polar surface area (TPSA) is 20.2 Å².